The molecule has 46 heavy (non-hydrogen) atoms. The molecule has 0 saturated heterocycles. The van der Waals surface area contributed by atoms with Gasteiger partial charge in [0, 0.05) is 44.3 Å². The van der Waals surface area contributed by atoms with E-state index in [-0.39, 0.29) is 17.5 Å². The maximum absolute atomic E-state index is 10.8. The number of allylic oxidation sites excluding steroid dienone is 1. The Labute approximate surface area is 265 Å². The maximum Gasteiger partial charge on any atom is 0.208 e. The second-order valence-corrected chi connectivity index (χ2v) is 12.1. The van der Waals surface area contributed by atoms with Gasteiger partial charge in [-0.2, -0.15) is 0 Å². The van der Waals surface area contributed by atoms with Crippen molar-refractivity contribution in [2.45, 2.75) is 19.8 Å². The van der Waals surface area contributed by atoms with Crippen LogP contribution in [0.1, 0.15) is 22.4 Å². The summed E-state index contributed by atoms with van der Waals surface area (Å²) in [5.41, 5.74) is 4.31. The summed E-state index contributed by atoms with van der Waals surface area (Å²) in [7, 11) is 0. The van der Waals surface area contributed by atoms with Gasteiger partial charge in [0.2, 0.25) is 17.2 Å². The third kappa shape index (κ3) is 4.21. The molecule has 224 valence electrons. The number of nitrogens with zero attached hydrogens (tertiary/aromatic N) is 3. The van der Waals surface area contributed by atoms with Crippen molar-refractivity contribution in [2.24, 2.45) is 0 Å². The van der Waals surface area contributed by atoms with Crippen molar-refractivity contribution in [3.8, 4) is 74.8 Å². The average Bonchev–Trinajstić information content (AvgIpc) is 3.59. The number of aromatic nitrogens is 3. The molecule has 0 atom stereocenters. The van der Waals surface area contributed by atoms with Gasteiger partial charge in [0.05, 0.1) is 0 Å². The lowest BCUT2D eigenvalue weighted by Crippen LogP contribution is -2.01. The van der Waals surface area contributed by atoms with Crippen molar-refractivity contribution in [3.63, 3.8) is 0 Å². The van der Waals surface area contributed by atoms with E-state index in [0.29, 0.717) is 29.6 Å². The number of fused-ring (bicyclic) bond motifs is 6. The quantitative estimate of drug-likeness (QED) is 0.0752. The molecule has 0 fully saturated rings. The first-order valence-electron chi connectivity index (χ1n) is 14.3. The van der Waals surface area contributed by atoms with Crippen LogP contribution < -0.4 is 0 Å². The summed E-state index contributed by atoms with van der Waals surface area (Å²) in [6.07, 6.45) is 5.38. The number of hydrogen-bond donors (Lipinski definition) is 5. The minimum absolute atomic E-state index is 0.182. The molecule has 0 amide bonds. The van der Waals surface area contributed by atoms with E-state index < -0.39 is 34.3 Å². The molecule has 0 aliphatic heterocycles. The van der Waals surface area contributed by atoms with Gasteiger partial charge < -0.3 is 29.9 Å². The van der Waals surface area contributed by atoms with E-state index >= 15 is 0 Å². The largest absolute Gasteiger partial charge is 0.504 e. The van der Waals surface area contributed by atoms with Crippen molar-refractivity contribution in [2.75, 3.05) is 0 Å². The molecule has 5 N–H and O–H groups in total. The fourth-order valence-electron chi connectivity index (χ4n) is 5.79. The van der Waals surface area contributed by atoms with Crippen molar-refractivity contribution in [3.05, 3.63) is 76.7 Å². The zero-order valence-corrected chi connectivity index (χ0v) is 25.0. The van der Waals surface area contributed by atoms with Crippen LogP contribution in [0.15, 0.2) is 65.1 Å². The third-order valence-electron chi connectivity index (χ3n) is 8.08. The minimum atomic E-state index is -1.07. The molecule has 8 rings (SSSR count). The number of aromatic hydroxyl groups is 5. The summed E-state index contributed by atoms with van der Waals surface area (Å²) in [6.45, 7) is 2.02. The molecule has 0 saturated carbocycles. The first-order chi connectivity index (χ1) is 22.3. The first-order valence-corrected chi connectivity index (χ1v) is 15.2. The molecule has 1 aliphatic rings. The molecule has 4 aromatic carbocycles. The fourth-order valence-corrected chi connectivity index (χ4v) is 7.05. The van der Waals surface area contributed by atoms with Crippen molar-refractivity contribution in [1.82, 2.24) is 15.0 Å². The predicted octanol–water partition coefficient (Wildman–Crippen LogP) is 7.79. The molecule has 0 radical (unpaired) electrons. The van der Waals surface area contributed by atoms with Gasteiger partial charge in [-0.3, -0.25) is 0 Å². The van der Waals surface area contributed by atoms with Crippen LogP contribution in [0.2, 0.25) is 0 Å². The van der Waals surface area contributed by atoms with E-state index in [1.807, 2.05) is 55.5 Å². The smallest absolute Gasteiger partial charge is 0.208 e. The molecular weight excluding hydrogens is 602 g/mol. The van der Waals surface area contributed by atoms with Gasteiger partial charge in [-0.15, -0.1) is 11.3 Å². The van der Waals surface area contributed by atoms with Crippen LogP contribution >= 0.6 is 11.3 Å². The van der Waals surface area contributed by atoms with Crippen LogP contribution in [0, 0.1) is 18.8 Å². The van der Waals surface area contributed by atoms with E-state index in [4.69, 9.17) is 9.40 Å². The molecular formula is C36H23N3O6S. The maximum atomic E-state index is 10.8. The summed E-state index contributed by atoms with van der Waals surface area (Å²) in [6, 6.07) is 17.3. The summed E-state index contributed by atoms with van der Waals surface area (Å²) < 4.78 is 7.06. The summed E-state index contributed by atoms with van der Waals surface area (Å²) in [4.78, 5) is 15.1. The number of benzene rings is 4. The highest BCUT2D eigenvalue weighted by atomic mass is 32.1. The lowest BCUT2D eigenvalue weighted by molar-refractivity contribution is 0.329. The van der Waals surface area contributed by atoms with E-state index in [2.05, 4.69) is 34.0 Å². The molecule has 3 heterocycles. The molecule has 0 spiro atoms. The highest BCUT2D eigenvalue weighted by molar-refractivity contribution is 7.20. The van der Waals surface area contributed by atoms with E-state index in [1.54, 1.807) is 17.4 Å². The Kier molecular flexibility index (Phi) is 6.13. The third-order valence-corrected chi connectivity index (χ3v) is 9.33. The molecule has 3 aromatic heterocycles. The Hall–Kier alpha value is -6.05. The first kappa shape index (κ1) is 27.5. The monoisotopic (exact) mass is 625 g/mol. The van der Waals surface area contributed by atoms with Crippen LogP contribution in [0.3, 0.4) is 0 Å². The van der Waals surface area contributed by atoms with Crippen LogP contribution in [-0.4, -0.2) is 40.5 Å². The molecule has 0 unspecified atom stereocenters. The van der Waals surface area contributed by atoms with Gasteiger partial charge in [0.1, 0.15) is 16.7 Å². The van der Waals surface area contributed by atoms with Gasteiger partial charge in [-0.05, 0) is 54.3 Å². The number of phenolic OH excluding ortho intramolecular Hbond substituents is 5. The van der Waals surface area contributed by atoms with Crippen LogP contribution in [-0.2, 0) is 6.42 Å². The standard InChI is InChI=1S/C36H23N3O6S/c1-17-11-14-24-23(15-17)19-13-12-18(16-25(19)45-24)34-37-35(39-36(38-34)27-28(40)30(42)32(44)31(43)29(27)41)22-9-6-8-21-20-7-4-2-3-5-10-26(20)46-33(21)22/h5-6,8-16,40-44H,3,7H2,1H3/b10-5-. The summed E-state index contributed by atoms with van der Waals surface area (Å²) in [5, 5.41) is 55.3. The SMILES string of the molecule is Cc1ccc2oc3cc(-c4nc(-c5c(O)c(O)c(O)c(O)c5O)nc(-c5cccc6c7c(sc56)/C=C\CC#CC7)n4)ccc3c2c1. The van der Waals surface area contributed by atoms with Gasteiger partial charge >= 0.3 is 0 Å². The second-order valence-electron chi connectivity index (χ2n) is 11.0. The highest BCUT2D eigenvalue weighted by Crippen LogP contribution is 2.54. The zero-order chi connectivity index (χ0) is 31.7. The number of aryl methyl sites for hydroxylation is 1. The van der Waals surface area contributed by atoms with Crippen molar-refractivity contribution >= 4 is 49.4 Å². The topological polar surface area (TPSA) is 153 Å². The number of rotatable bonds is 3. The molecule has 1 aliphatic carbocycles. The highest BCUT2D eigenvalue weighted by Gasteiger charge is 2.28. The van der Waals surface area contributed by atoms with E-state index in [0.717, 1.165) is 42.4 Å². The lowest BCUT2D eigenvalue weighted by atomic mass is 10.0. The zero-order valence-electron chi connectivity index (χ0n) is 24.2. The van der Waals surface area contributed by atoms with Crippen LogP contribution in [0.4, 0.5) is 0 Å². The Bertz CT molecular complexity index is 2490. The normalized spacial score (nSPS) is 13.3. The van der Waals surface area contributed by atoms with Crippen molar-refractivity contribution < 1.29 is 29.9 Å². The second kappa shape index (κ2) is 10.3. The Morgan fingerprint density at radius 1 is 0.717 bits per heavy atom. The van der Waals surface area contributed by atoms with Crippen LogP contribution in [0.5, 0.6) is 28.7 Å². The van der Waals surface area contributed by atoms with Gasteiger partial charge in [0.15, 0.2) is 29.0 Å². The number of phenols is 5. The molecule has 10 heteroatoms. The van der Waals surface area contributed by atoms with E-state index in [1.165, 1.54) is 0 Å². The number of hydrogen-bond acceptors (Lipinski definition) is 10. The van der Waals surface area contributed by atoms with E-state index in [9.17, 15) is 25.5 Å². The number of thiophene rings is 1. The van der Waals surface area contributed by atoms with Gasteiger partial charge in [-0.25, -0.2) is 15.0 Å². The fraction of sp³-hybridized carbons (Fsp3) is 0.0833. The Morgan fingerprint density at radius 2 is 1.48 bits per heavy atom. The molecule has 0 bridgehead atoms. The Morgan fingerprint density at radius 3 is 2.30 bits per heavy atom. The van der Waals surface area contributed by atoms with Crippen LogP contribution in [0.25, 0.3) is 72.3 Å². The molecule has 7 aromatic rings. The lowest BCUT2D eigenvalue weighted by Gasteiger charge is -2.13. The summed E-state index contributed by atoms with van der Waals surface area (Å²) in [5.74, 6) is 1.61. The van der Waals surface area contributed by atoms with Gasteiger partial charge in [-0.1, -0.05) is 47.7 Å². The Balaban J connectivity index is 1.39. The average molecular weight is 626 g/mol. The van der Waals surface area contributed by atoms with Crippen molar-refractivity contribution in [1.29, 1.82) is 0 Å². The molecule has 9 nitrogen and oxygen atoms in total. The minimum Gasteiger partial charge on any atom is -0.504 e. The predicted molar refractivity (Wildman–Crippen MR) is 177 cm³/mol. The van der Waals surface area contributed by atoms with Gasteiger partial charge in [0.25, 0.3) is 0 Å². The summed E-state index contributed by atoms with van der Waals surface area (Å²) >= 11 is 1.58. The number of furan rings is 1.